The fourth-order valence-corrected chi connectivity index (χ4v) is 4.23. The quantitative estimate of drug-likeness (QED) is 0.685. The van der Waals surface area contributed by atoms with Crippen LogP contribution in [0.3, 0.4) is 0 Å². The van der Waals surface area contributed by atoms with Crippen LogP contribution < -0.4 is 19.1 Å². The number of anilines is 1. The number of amides is 1. The van der Waals surface area contributed by atoms with Crippen LogP contribution in [0.15, 0.2) is 29.8 Å². The molecule has 0 radical (unpaired) electrons. The van der Waals surface area contributed by atoms with E-state index in [1.165, 1.54) is 22.7 Å². The third kappa shape index (κ3) is 5.38. The van der Waals surface area contributed by atoms with E-state index >= 15 is 0 Å². The van der Waals surface area contributed by atoms with Gasteiger partial charge in [-0.05, 0) is 44.2 Å². The van der Waals surface area contributed by atoms with E-state index in [2.05, 4.69) is 11.4 Å². The second-order valence-corrected chi connectivity index (χ2v) is 8.77. The Kier molecular flexibility index (Phi) is 6.26. The molecule has 0 atom stereocenters. The molecule has 7 nitrogen and oxygen atoms in total. The molecule has 1 aromatic carbocycles. The molecule has 0 fully saturated rings. The minimum atomic E-state index is -3.47. The van der Waals surface area contributed by atoms with E-state index in [1.54, 1.807) is 18.2 Å². The summed E-state index contributed by atoms with van der Waals surface area (Å²) in [6.07, 6.45) is 8.62. The fourth-order valence-electron chi connectivity index (χ4n) is 3.28. The van der Waals surface area contributed by atoms with E-state index in [1.807, 2.05) is 0 Å². The Balaban J connectivity index is 1.53. The van der Waals surface area contributed by atoms with Crippen molar-refractivity contribution in [2.24, 2.45) is 0 Å². The molecule has 27 heavy (non-hydrogen) atoms. The Morgan fingerprint density at radius 2 is 2.04 bits per heavy atom. The zero-order chi connectivity index (χ0) is 19.3. The molecule has 8 heteroatoms. The molecule has 1 aromatic rings. The minimum absolute atomic E-state index is 0.0550. The first-order valence-electron chi connectivity index (χ1n) is 9.25. The zero-order valence-corrected chi connectivity index (χ0v) is 16.4. The van der Waals surface area contributed by atoms with Crippen molar-refractivity contribution in [3.63, 3.8) is 0 Å². The number of nitrogens with one attached hydrogen (secondary N) is 1. The predicted molar refractivity (Wildman–Crippen MR) is 104 cm³/mol. The number of carbonyl (C=O) groups is 1. The van der Waals surface area contributed by atoms with E-state index in [9.17, 15) is 13.2 Å². The van der Waals surface area contributed by atoms with Crippen LogP contribution in [-0.2, 0) is 14.8 Å². The Morgan fingerprint density at radius 3 is 2.78 bits per heavy atom. The van der Waals surface area contributed by atoms with Gasteiger partial charge in [-0.25, -0.2) is 8.42 Å². The highest BCUT2D eigenvalue weighted by Crippen LogP contribution is 2.36. The average molecular weight is 394 g/mol. The molecule has 1 heterocycles. The van der Waals surface area contributed by atoms with Crippen molar-refractivity contribution in [1.29, 1.82) is 0 Å². The summed E-state index contributed by atoms with van der Waals surface area (Å²) in [6.45, 7) is 0.958. The lowest BCUT2D eigenvalue weighted by molar-refractivity contribution is -0.120. The summed E-state index contributed by atoms with van der Waals surface area (Å²) in [5, 5.41) is 2.93. The van der Waals surface area contributed by atoms with Gasteiger partial charge in [0.25, 0.3) is 0 Å². The van der Waals surface area contributed by atoms with Crippen molar-refractivity contribution in [2.75, 3.05) is 30.4 Å². The van der Waals surface area contributed by atoms with E-state index in [0.29, 0.717) is 30.2 Å². The highest BCUT2D eigenvalue weighted by atomic mass is 32.2. The molecule has 0 unspecified atom stereocenters. The van der Waals surface area contributed by atoms with Gasteiger partial charge in [0, 0.05) is 25.6 Å². The number of fused-ring (bicyclic) bond motifs is 1. The van der Waals surface area contributed by atoms with Gasteiger partial charge in [0.05, 0.1) is 11.9 Å². The zero-order valence-electron chi connectivity index (χ0n) is 15.6. The van der Waals surface area contributed by atoms with Gasteiger partial charge in [0.2, 0.25) is 22.7 Å². The van der Waals surface area contributed by atoms with Crippen LogP contribution in [0.4, 0.5) is 5.69 Å². The molecule has 1 aliphatic carbocycles. The smallest absolute Gasteiger partial charge is 0.232 e. The van der Waals surface area contributed by atoms with Crippen molar-refractivity contribution >= 4 is 21.6 Å². The Hall–Kier alpha value is -2.22. The van der Waals surface area contributed by atoms with Crippen LogP contribution in [0.25, 0.3) is 0 Å². The van der Waals surface area contributed by atoms with Gasteiger partial charge >= 0.3 is 0 Å². The number of ether oxygens (including phenoxy) is 2. The number of carbonyl (C=O) groups excluding carboxylic acids is 1. The second kappa shape index (κ2) is 8.65. The largest absolute Gasteiger partial charge is 0.454 e. The number of allylic oxidation sites excluding steroid dienone is 1. The SMILES string of the molecule is CS(=O)(=O)N(CCCC(=O)NCC1=CCCCC1)c1ccc2c(c1)OCO2. The summed E-state index contributed by atoms with van der Waals surface area (Å²) in [6, 6.07) is 5.03. The molecule has 148 valence electrons. The van der Waals surface area contributed by atoms with Crippen LogP contribution in [-0.4, -0.2) is 40.5 Å². The second-order valence-electron chi connectivity index (χ2n) is 6.86. The van der Waals surface area contributed by atoms with Crippen molar-refractivity contribution in [3.8, 4) is 11.5 Å². The van der Waals surface area contributed by atoms with E-state index in [4.69, 9.17) is 9.47 Å². The highest BCUT2D eigenvalue weighted by Gasteiger charge is 2.21. The van der Waals surface area contributed by atoms with Crippen molar-refractivity contribution in [2.45, 2.75) is 38.5 Å². The van der Waals surface area contributed by atoms with Crippen LogP contribution in [0.2, 0.25) is 0 Å². The number of nitrogens with zero attached hydrogens (tertiary/aromatic N) is 1. The first-order chi connectivity index (χ1) is 12.9. The highest BCUT2D eigenvalue weighted by molar-refractivity contribution is 7.92. The lowest BCUT2D eigenvalue weighted by atomic mass is 10.00. The molecule has 0 bridgehead atoms. The maximum absolute atomic E-state index is 12.2. The molecule has 3 rings (SSSR count). The Bertz CT molecular complexity index is 819. The molecular formula is C19H26N2O5S. The summed E-state index contributed by atoms with van der Waals surface area (Å²) in [5.41, 5.74) is 1.79. The van der Waals surface area contributed by atoms with Gasteiger partial charge < -0.3 is 14.8 Å². The van der Waals surface area contributed by atoms with Crippen molar-refractivity contribution < 1.29 is 22.7 Å². The van der Waals surface area contributed by atoms with Gasteiger partial charge in [-0.2, -0.15) is 0 Å². The molecule has 0 spiro atoms. The van der Waals surface area contributed by atoms with Gasteiger partial charge in [-0.3, -0.25) is 9.10 Å². The summed E-state index contributed by atoms with van der Waals surface area (Å²) >= 11 is 0. The first-order valence-corrected chi connectivity index (χ1v) is 11.1. The number of hydrogen-bond donors (Lipinski definition) is 1. The first kappa shape index (κ1) is 19.5. The van der Waals surface area contributed by atoms with Crippen molar-refractivity contribution in [1.82, 2.24) is 5.32 Å². The molecule has 0 saturated heterocycles. The van der Waals surface area contributed by atoms with Crippen LogP contribution in [0.1, 0.15) is 38.5 Å². The van der Waals surface area contributed by atoms with Crippen LogP contribution in [0, 0.1) is 0 Å². The maximum Gasteiger partial charge on any atom is 0.232 e. The Labute approximate surface area is 160 Å². The fraction of sp³-hybridized carbons (Fsp3) is 0.526. The van der Waals surface area contributed by atoms with Gasteiger partial charge in [-0.15, -0.1) is 0 Å². The minimum Gasteiger partial charge on any atom is -0.454 e. The molecule has 1 N–H and O–H groups in total. The van der Waals surface area contributed by atoms with Gasteiger partial charge in [-0.1, -0.05) is 11.6 Å². The standard InChI is InChI=1S/C19H26N2O5S/c1-27(23,24)21(16-9-10-17-18(12-16)26-14-25-17)11-5-8-19(22)20-13-15-6-3-2-4-7-15/h6,9-10,12H,2-5,7-8,11,13-14H2,1H3,(H,20,22). The lowest BCUT2D eigenvalue weighted by Crippen LogP contribution is -2.32. The van der Waals surface area contributed by atoms with Gasteiger partial charge in [0.15, 0.2) is 11.5 Å². The molecular weight excluding hydrogens is 368 g/mol. The van der Waals surface area contributed by atoms with E-state index in [0.717, 1.165) is 19.1 Å². The topological polar surface area (TPSA) is 84.9 Å². The summed E-state index contributed by atoms with van der Waals surface area (Å²) < 4.78 is 36.3. The number of sulfonamides is 1. The van der Waals surface area contributed by atoms with Crippen molar-refractivity contribution in [3.05, 3.63) is 29.8 Å². The van der Waals surface area contributed by atoms with E-state index < -0.39 is 10.0 Å². The third-order valence-corrected chi connectivity index (χ3v) is 5.90. The monoisotopic (exact) mass is 394 g/mol. The summed E-state index contributed by atoms with van der Waals surface area (Å²) in [5.74, 6) is 1.07. The molecule has 0 saturated carbocycles. The van der Waals surface area contributed by atoms with Crippen LogP contribution >= 0.6 is 0 Å². The average Bonchev–Trinajstić information content (AvgIpc) is 3.11. The van der Waals surface area contributed by atoms with Gasteiger partial charge in [0.1, 0.15) is 0 Å². The van der Waals surface area contributed by atoms with E-state index in [-0.39, 0.29) is 25.7 Å². The normalized spacial score (nSPS) is 16.0. The number of benzene rings is 1. The molecule has 2 aliphatic rings. The lowest BCUT2D eigenvalue weighted by Gasteiger charge is -2.22. The summed E-state index contributed by atoms with van der Waals surface area (Å²) in [4.78, 5) is 12.1. The molecule has 1 aliphatic heterocycles. The van der Waals surface area contributed by atoms with Crippen LogP contribution in [0.5, 0.6) is 11.5 Å². The molecule has 0 aromatic heterocycles. The number of rotatable bonds is 8. The predicted octanol–water partition coefficient (Wildman–Crippen LogP) is 2.58. The number of hydrogen-bond acceptors (Lipinski definition) is 5. The third-order valence-electron chi connectivity index (χ3n) is 4.71. The molecule has 1 amide bonds. The Morgan fingerprint density at radius 1 is 1.22 bits per heavy atom. The maximum atomic E-state index is 12.2. The summed E-state index contributed by atoms with van der Waals surface area (Å²) in [7, 11) is -3.47.